The Morgan fingerprint density at radius 1 is 0.552 bits per heavy atom. The summed E-state index contributed by atoms with van der Waals surface area (Å²) in [5.41, 5.74) is 9.94. The molecule has 2 aliphatic heterocycles. The Hall–Kier alpha value is -6.54. The maximum absolute atomic E-state index is 13.8. The molecule has 8 heteroatoms. The molecule has 8 nitrogen and oxygen atoms in total. The van der Waals surface area contributed by atoms with Gasteiger partial charge in [-0.05, 0) is 70.8 Å². The highest BCUT2D eigenvalue weighted by molar-refractivity contribution is 6.07. The molecule has 0 fully saturated rings. The minimum atomic E-state index is -0.424. The van der Waals surface area contributed by atoms with Crippen molar-refractivity contribution in [2.45, 2.75) is 65.2 Å². The number of H-pyrrole nitrogens is 2. The molecule has 5 heterocycles. The van der Waals surface area contributed by atoms with Gasteiger partial charge in [0, 0.05) is 57.2 Å². The summed E-state index contributed by atoms with van der Waals surface area (Å²) in [6, 6.07) is 37.0. The third kappa shape index (κ3) is 6.33. The fourth-order valence-corrected chi connectivity index (χ4v) is 8.70. The van der Waals surface area contributed by atoms with E-state index in [0.717, 1.165) is 77.6 Å². The summed E-state index contributed by atoms with van der Waals surface area (Å²) >= 11 is 0. The Morgan fingerprint density at radius 3 is 1.36 bits per heavy atom. The van der Waals surface area contributed by atoms with E-state index >= 15 is 0 Å². The summed E-state index contributed by atoms with van der Waals surface area (Å²) in [6.07, 6.45) is 1.22. The number of aromatic nitrogens is 4. The van der Waals surface area contributed by atoms with Gasteiger partial charge in [0.05, 0.1) is 46.8 Å². The van der Waals surface area contributed by atoms with E-state index in [1.807, 2.05) is 62.4 Å². The normalized spacial score (nSPS) is 14.4. The number of carbonyl (C=O) groups is 2. The third-order valence-electron chi connectivity index (χ3n) is 11.6. The molecule has 290 valence electrons. The molecule has 0 unspecified atom stereocenters. The molecule has 0 amide bonds. The number of esters is 2. The predicted octanol–water partition coefficient (Wildman–Crippen LogP) is 11.3. The number of rotatable bonds is 6. The Labute approximate surface area is 337 Å². The van der Waals surface area contributed by atoms with Crippen molar-refractivity contribution in [2.75, 3.05) is 13.2 Å². The zero-order valence-corrected chi connectivity index (χ0v) is 33.7. The first-order chi connectivity index (χ1) is 28.0. The van der Waals surface area contributed by atoms with E-state index in [9.17, 15) is 9.59 Å². The van der Waals surface area contributed by atoms with Crippen molar-refractivity contribution >= 4 is 55.6 Å². The molecule has 0 saturated carbocycles. The standard InChI is InChI=1S/C50H46N4O4/c1-7-57-47(55)35-23-39-45(33-21-13-17-29-15-9-11-19-31(29)33)41-27-50(5,6)44(54-41)26-38-36(48(56)58-8-2)24-40(52-38)46(34-22-14-18-30-16-10-12-20-32(30)34)42-28-49(3,4)43(53-42)25-37(35)51-39/h9-26,51-52H,7-8,27-28H2,1-6H3. The second-order valence-corrected chi connectivity index (χ2v) is 16.6. The monoisotopic (exact) mass is 766 g/mol. The van der Waals surface area contributed by atoms with Gasteiger partial charge in [0.2, 0.25) is 0 Å². The van der Waals surface area contributed by atoms with Crippen molar-refractivity contribution in [3.05, 3.63) is 143 Å². The highest BCUT2D eigenvalue weighted by Gasteiger charge is 2.34. The molecule has 3 aromatic heterocycles. The van der Waals surface area contributed by atoms with E-state index < -0.39 is 22.8 Å². The van der Waals surface area contributed by atoms with Crippen LogP contribution in [0, 0.1) is 0 Å². The van der Waals surface area contributed by atoms with Gasteiger partial charge in [-0.25, -0.2) is 9.59 Å². The Kier molecular flexibility index (Phi) is 9.03. The lowest BCUT2D eigenvalue weighted by molar-refractivity contribution is 0.0519. The number of carbonyl (C=O) groups excluding carboxylic acids is 2. The molecular weight excluding hydrogens is 721 g/mol. The first-order valence-corrected chi connectivity index (χ1v) is 20.1. The van der Waals surface area contributed by atoms with Crippen molar-refractivity contribution in [2.24, 2.45) is 0 Å². The van der Waals surface area contributed by atoms with E-state index in [1.54, 1.807) is 0 Å². The van der Waals surface area contributed by atoms with E-state index in [1.165, 1.54) is 0 Å². The zero-order chi connectivity index (χ0) is 40.3. The van der Waals surface area contributed by atoms with Crippen molar-refractivity contribution in [1.29, 1.82) is 0 Å². The summed E-state index contributed by atoms with van der Waals surface area (Å²) in [4.78, 5) is 45.9. The average Bonchev–Trinajstić information content (AvgIpc) is 3.95. The fourth-order valence-electron chi connectivity index (χ4n) is 8.70. The molecule has 7 aromatic rings. The van der Waals surface area contributed by atoms with Crippen molar-refractivity contribution < 1.29 is 19.1 Å². The Morgan fingerprint density at radius 2 is 0.948 bits per heavy atom. The predicted molar refractivity (Wildman–Crippen MR) is 232 cm³/mol. The van der Waals surface area contributed by atoms with Crippen LogP contribution >= 0.6 is 0 Å². The fraction of sp³-hybridized carbons (Fsp3) is 0.240. The number of hydrogen-bond acceptors (Lipinski definition) is 6. The van der Waals surface area contributed by atoms with Gasteiger partial charge in [-0.2, -0.15) is 0 Å². The number of hydrogen-bond donors (Lipinski definition) is 2. The van der Waals surface area contributed by atoms with Crippen molar-refractivity contribution in [1.82, 2.24) is 19.9 Å². The van der Waals surface area contributed by atoms with Crippen LogP contribution in [0.4, 0.5) is 0 Å². The largest absolute Gasteiger partial charge is 0.462 e. The molecule has 0 aliphatic carbocycles. The van der Waals surface area contributed by atoms with Crippen LogP contribution in [0.5, 0.6) is 0 Å². The van der Waals surface area contributed by atoms with E-state index in [0.29, 0.717) is 35.0 Å². The van der Waals surface area contributed by atoms with Crippen LogP contribution in [0.2, 0.25) is 0 Å². The first-order valence-electron chi connectivity index (χ1n) is 20.1. The lowest BCUT2D eigenvalue weighted by Gasteiger charge is -2.17. The highest BCUT2D eigenvalue weighted by Crippen LogP contribution is 2.43. The lowest BCUT2D eigenvalue weighted by atomic mass is 9.85. The summed E-state index contributed by atoms with van der Waals surface area (Å²) < 4.78 is 11.4. The number of fused-ring (bicyclic) bond motifs is 10. The minimum Gasteiger partial charge on any atom is -0.462 e. The summed E-state index contributed by atoms with van der Waals surface area (Å²) in [5.74, 6) is -0.816. The minimum absolute atomic E-state index is 0.243. The van der Waals surface area contributed by atoms with Gasteiger partial charge in [0.15, 0.2) is 0 Å². The number of benzene rings is 4. The molecule has 0 radical (unpaired) electrons. The lowest BCUT2D eigenvalue weighted by Crippen LogP contribution is -2.15. The summed E-state index contributed by atoms with van der Waals surface area (Å²) in [7, 11) is 0. The highest BCUT2D eigenvalue weighted by atomic mass is 16.5. The number of nitrogens with one attached hydrogen (secondary N) is 2. The molecule has 2 aliphatic rings. The Balaban J connectivity index is 1.50. The maximum Gasteiger partial charge on any atom is 0.340 e. The topological polar surface area (TPSA) is 110 Å². The van der Waals surface area contributed by atoms with Gasteiger partial charge in [0.1, 0.15) is 0 Å². The first kappa shape index (κ1) is 37.1. The summed E-state index contributed by atoms with van der Waals surface area (Å²) in [5, 5.41) is 4.33. The molecule has 4 aromatic carbocycles. The van der Waals surface area contributed by atoms with Crippen LogP contribution in [0.15, 0.2) is 109 Å². The van der Waals surface area contributed by atoms with Crippen LogP contribution in [0.3, 0.4) is 0 Å². The van der Waals surface area contributed by atoms with Gasteiger partial charge < -0.3 is 19.4 Å². The molecule has 58 heavy (non-hydrogen) atoms. The van der Waals surface area contributed by atoms with Crippen LogP contribution in [0.1, 0.15) is 85.0 Å². The molecule has 8 bridgehead atoms. The van der Waals surface area contributed by atoms with E-state index in [2.05, 4.69) is 98.3 Å². The molecule has 0 spiro atoms. The molecule has 2 N–H and O–H groups in total. The van der Waals surface area contributed by atoms with Crippen molar-refractivity contribution in [3.63, 3.8) is 0 Å². The summed E-state index contributed by atoms with van der Waals surface area (Å²) in [6.45, 7) is 12.8. The van der Waals surface area contributed by atoms with Gasteiger partial charge in [-0.1, -0.05) is 113 Å². The van der Waals surface area contributed by atoms with Crippen LogP contribution in [-0.4, -0.2) is 45.1 Å². The zero-order valence-electron chi connectivity index (χ0n) is 33.7. The van der Waals surface area contributed by atoms with Crippen LogP contribution in [0.25, 0.3) is 65.9 Å². The van der Waals surface area contributed by atoms with Gasteiger partial charge in [-0.15, -0.1) is 0 Å². The van der Waals surface area contributed by atoms with E-state index in [4.69, 9.17) is 19.4 Å². The van der Waals surface area contributed by atoms with Crippen LogP contribution < -0.4 is 0 Å². The third-order valence-corrected chi connectivity index (χ3v) is 11.6. The quantitative estimate of drug-likeness (QED) is 0.163. The maximum atomic E-state index is 13.8. The Bertz CT molecular complexity index is 2770. The molecule has 9 rings (SSSR count). The van der Waals surface area contributed by atoms with Crippen LogP contribution in [-0.2, 0) is 33.1 Å². The second-order valence-electron chi connectivity index (χ2n) is 16.6. The average molecular weight is 767 g/mol. The molecule has 0 saturated heterocycles. The van der Waals surface area contributed by atoms with Gasteiger partial charge in [-0.3, -0.25) is 9.97 Å². The number of ether oxygens (including phenoxy) is 2. The van der Waals surface area contributed by atoms with Gasteiger partial charge in [0.25, 0.3) is 0 Å². The SMILES string of the molecule is CCOC(=O)c1cc2[nH]c1cc1nc(c(-c3cccc4ccccc34)c3cc(C(=O)OCC)c(cc4nc(c2-c2cccc5ccccc25)CC4(C)C)[nH]3)CC1(C)C. The number of nitrogens with zero attached hydrogens (tertiary/aromatic N) is 2. The molecule has 0 atom stereocenters. The number of aromatic amines is 2. The second kappa shape index (κ2) is 14.1. The molecular formula is C50H46N4O4. The van der Waals surface area contributed by atoms with E-state index in [-0.39, 0.29) is 13.2 Å². The van der Waals surface area contributed by atoms with Gasteiger partial charge >= 0.3 is 11.9 Å². The smallest absolute Gasteiger partial charge is 0.340 e. The van der Waals surface area contributed by atoms with Crippen molar-refractivity contribution in [3.8, 4) is 22.3 Å².